The average molecular weight is 137 g/mol. The molecule has 3 nitrogen and oxygen atoms in total. The molecule has 1 unspecified atom stereocenters. The van der Waals surface area contributed by atoms with Crippen LogP contribution in [0.5, 0.6) is 0 Å². The van der Waals surface area contributed by atoms with Gasteiger partial charge in [0.15, 0.2) is 0 Å². The summed E-state index contributed by atoms with van der Waals surface area (Å²) in [7, 11) is 0. The number of rotatable bonds is 0. The van der Waals surface area contributed by atoms with E-state index in [1.807, 2.05) is 16.9 Å². The van der Waals surface area contributed by atoms with Crippen molar-refractivity contribution in [2.75, 3.05) is 11.9 Å². The van der Waals surface area contributed by atoms with Crippen molar-refractivity contribution in [3.05, 3.63) is 12.3 Å². The number of hydrogen-bond acceptors (Lipinski definition) is 2. The summed E-state index contributed by atoms with van der Waals surface area (Å²) in [4.78, 5) is 0. The first-order valence-electron chi connectivity index (χ1n) is 3.65. The van der Waals surface area contributed by atoms with Crippen molar-refractivity contribution in [3.63, 3.8) is 0 Å². The normalized spacial score (nSPS) is 23.5. The van der Waals surface area contributed by atoms with Crippen LogP contribution < -0.4 is 5.32 Å². The van der Waals surface area contributed by atoms with Crippen LogP contribution >= 0.6 is 0 Å². The Balaban J connectivity index is 2.41. The van der Waals surface area contributed by atoms with Crippen LogP contribution in [0.3, 0.4) is 0 Å². The second kappa shape index (κ2) is 2.01. The topological polar surface area (TPSA) is 29.9 Å². The zero-order valence-corrected chi connectivity index (χ0v) is 6.04. The van der Waals surface area contributed by atoms with E-state index in [2.05, 4.69) is 17.3 Å². The fourth-order valence-corrected chi connectivity index (χ4v) is 1.34. The Morgan fingerprint density at radius 2 is 2.70 bits per heavy atom. The van der Waals surface area contributed by atoms with Crippen molar-refractivity contribution in [1.82, 2.24) is 9.78 Å². The Labute approximate surface area is 60.0 Å². The van der Waals surface area contributed by atoms with E-state index in [0.29, 0.717) is 6.04 Å². The van der Waals surface area contributed by atoms with Crippen molar-refractivity contribution in [3.8, 4) is 0 Å². The van der Waals surface area contributed by atoms with E-state index in [1.54, 1.807) is 0 Å². The van der Waals surface area contributed by atoms with Crippen LogP contribution in [0.25, 0.3) is 0 Å². The molecule has 0 amide bonds. The van der Waals surface area contributed by atoms with Crippen LogP contribution in [0, 0.1) is 0 Å². The van der Waals surface area contributed by atoms with Crippen LogP contribution in [0.1, 0.15) is 19.4 Å². The highest BCUT2D eigenvalue weighted by Gasteiger charge is 2.13. The van der Waals surface area contributed by atoms with Crippen LogP contribution in [-0.2, 0) is 0 Å². The van der Waals surface area contributed by atoms with Gasteiger partial charge in [-0.15, -0.1) is 0 Å². The summed E-state index contributed by atoms with van der Waals surface area (Å²) in [5.41, 5.74) is 0. The second-order valence-electron chi connectivity index (χ2n) is 2.73. The van der Waals surface area contributed by atoms with Gasteiger partial charge >= 0.3 is 0 Å². The highest BCUT2D eigenvalue weighted by Crippen LogP contribution is 2.20. The van der Waals surface area contributed by atoms with Gasteiger partial charge in [0.25, 0.3) is 0 Å². The van der Waals surface area contributed by atoms with E-state index in [4.69, 9.17) is 0 Å². The van der Waals surface area contributed by atoms with Gasteiger partial charge in [0.2, 0.25) is 0 Å². The van der Waals surface area contributed by atoms with E-state index >= 15 is 0 Å². The molecule has 0 fully saturated rings. The molecule has 0 aliphatic carbocycles. The summed E-state index contributed by atoms with van der Waals surface area (Å²) in [5, 5.41) is 7.47. The van der Waals surface area contributed by atoms with E-state index in [9.17, 15) is 0 Å². The molecule has 0 radical (unpaired) electrons. The average Bonchev–Trinajstić information content (AvgIpc) is 2.36. The number of hydrogen-bond donors (Lipinski definition) is 1. The quantitative estimate of drug-likeness (QED) is 0.583. The molecule has 1 aliphatic heterocycles. The Morgan fingerprint density at radius 3 is 3.50 bits per heavy atom. The molecule has 54 valence electrons. The maximum atomic E-state index is 4.19. The van der Waals surface area contributed by atoms with Crippen molar-refractivity contribution in [1.29, 1.82) is 0 Å². The van der Waals surface area contributed by atoms with Gasteiger partial charge < -0.3 is 5.32 Å². The fraction of sp³-hybridized carbons (Fsp3) is 0.571. The van der Waals surface area contributed by atoms with Crippen LogP contribution in [-0.4, -0.2) is 16.3 Å². The van der Waals surface area contributed by atoms with Crippen molar-refractivity contribution >= 4 is 5.82 Å². The first-order valence-corrected chi connectivity index (χ1v) is 3.65. The molecule has 3 heteroatoms. The zero-order valence-electron chi connectivity index (χ0n) is 6.04. The molecule has 0 saturated carbocycles. The molecule has 0 bridgehead atoms. The summed E-state index contributed by atoms with van der Waals surface area (Å²) < 4.78 is 2.03. The second-order valence-corrected chi connectivity index (χ2v) is 2.73. The molecule has 1 aliphatic rings. The third-order valence-electron chi connectivity index (χ3n) is 1.96. The standard InChI is InChI=1S/C7H11N3/c1-6-2-4-8-7-3-5-9-10(6)7/h3,5-6,8H,2,4H2,1H3. The molecule has 1 atom stereocenters. The summed E-state index contributed by atoms with van der Waals surface area (Å²) in [6.07, 6.45) is 3.01. The lowest BCUT2D eigenvalue weighted by Crippen LogP contribution is -2.21. The minimum absolute atomic E-state index is 0.561. The number of nitrogens with zero attached hydrogens (tertiary/aromatic N) is 2. The molecule has 0 spiro atoms. The van der Waals surface area contributed by atoms with Gasteiger partial charge in [-0.2, -0.15) is 5.10 Å². The van der Waals surface area contributed by atoms with Crippen molar-refractivity contribution in [2.45, 2.75) is 19.4 Å². The van der Waals surface area contributed by atoms with Gasteiger partial charge in [-0.3, -0.25) is 0 Å². The van der Waals surface area contributed by atoms with E-state index < -0.39 is 0 Å². The predicted molar refractivity (Wildman–Crippen MR) is 40.0 cm³/mol. The van der Waals surface area contributed by atoms with E-state index in [1.165, 1.54) is 6.42 Å². The zero-order chi connectivity index (χ0) is 6.97. The summed E-state index contributed by atoms with van der Waals surface area (Å²) in [5.74, 6) is 1.15. The molecular weight excluding hydrogens is 126 g/mol. The van der Waals surface area contributed by atoms with Crippen LogP contribution in [0.15, 0.2) is 12.3 Å². The highest BCUT2D eigenvalue weighted by atomic mass is 15.3. The van der Waals surface area contributed by atoms with Gasteiger partial charge in [0, 0.05) is 12.6 Å². The van der Waals surface area contributed by atoms with E-state index in [-0.39, 0.29) is 0 Å². The van der Waals surface area contributed by atoms with E-state index in [0.717, 1.165) is 12.4 Å². The molecule has 1 aromatic rings. The third-order valence-corrected chi connectivity index (χ3v) is 1.96. The third kappa shape index (κ3) is 0.701. The van der Waals surface area contributed by atoms with Gasteiger partial charge in [-0.1, -0.05) is 0 Å². The number of nitrogens with one attached hydrogen (secondary N) is 1. The maximum Gasteiger partial charge on any atom is 0.124 e. The largest absolute Gasteiger partial charge is 0.370 e. The number of aromatic nitrogens is 2. The molecule has 10 heavy (non-hydrogen) atoms. The Bertz CT molecular complexity index is 229. The lowest BCUT2D eigenvalue weighted by Gasteiger charge is -2.21. The molecule has 1 N–H and O–H groups in total. The summed E-state index contributed by atoms with van der Waals surface area (Å²) in [6, 6.07) is 2.57. The van der Waals surface area contributed by atoms with Crippen molar-refractivity contribution in [2.24, 2.45) is 0 Å². The number of anilines is 1. The predicted octanol–water partition coefficient (Wildman–Crippen LogP) is 1.26. The SMILES string of the molecule is CC1CCNc2ccnn21. The lowest BCUT2D eigenvalue weighted by atomic mass is 10.2. The molecule has 0 saturated heterocycles. The number of fused-ring (bicyclic) bond motifs is 1. The minimum Gasteiger partial charge on any atom is -0.370 e. The molecule has 1 aromatic heterocycles. The molecule has 2 heterocycles. The molecular formula is C7H11N3. The molecule has 2 rings (SSSR count). The first-order chi connectivity index (χ1) is 4.88. The van der Waals surface area contributed by atoms with Crippen LogP contribution in [0.4, 0.5) is 5.82 Å². The minimum atomic E-state index is 0.561. The van der Waals surface area contributed by atoms with Gasteiger partial charge in [-0.05, 0) is 13.3 Å². The van der Waals surface area contributed by atoms with Gasteiger partial charge in [-0.25, -0.2) is 4.68 Å². The summed E-state index contributed by atoms with van der Waals surface area (Å²) >= 11 is 0. The first kappa shape index (κ1) is 5.77. The Kier molecular flexibility index (Phi) is 1.16. The van der Waals surface area contributed by atoms with Gasteiger partial charge in [0.05, 0.1) is 12.2 Å². The van der Waals surface area contributed by atoms with Crippen molar-refractivity contribution < 1.29 is 0 Å². The van der Waals surface area contributed by atoms with Gasteiger partial charge in [0.1, 0.15) is 5.82 Å². The highest BCUT2D eigenvalue weighted by molar-refractivity contribution is 5.35. The Morgan fingerprint density at radius 1 is 1.80 bits per heavy atom. The Hall–Kier alpha value is -0.990. The monoisotopic (exact) mass is 137 g/mol. The fourth-order valence-electron chi connectivity index (χ4n) is 1.34. The lowest BCUT2D eigenvalue weighted by molar-refractivity contribution is 0.453. The van der Waals surface area contributed by atoms with Crippen LogP contribution in [0.2, 0.25) is 0 Å². The summed E-state index contributed by atoms with van der Waals surface area (Å²) in [6.45, 7) is 3.27. The molecule has 0 aromatic carbocycles. The maximum absolute atomic E-state index is 4.19. The smallest absolute Gasteiger partial charge is 0.124 e.